The molecule has 2 amide bonds. The standard InChI is InChI=1S/C20H15F6N3O3/c1-31-16-7-10(6-14-17(27)29-18(30)28-14)2-5-15(16)32-9-11-3-4-12(19(21,22)23)8-13(11)20(24,25)26/h2-8H,9H2,1H3,(H3,27,28,29,30)/b14-6-. The van der Waals surface area contributed by atoms with Crippen LogP contribution in [0.15, 0.2) is 47.1 Å². The summed E-state index contributed by atoms with van der Waals surface area (Å²) in [5, 5.41) is 2.42. The number of ether oxygens (including phenoxy) is 2. The summed E-state index contributed by atoms with van der Waals surface area (Å²) in [6, 6.07) is 5.08. The van der Waals surface area contributed by atoms with E-state index in [-0.39, 0.29) is 29.1 Å². The molecule has 2 aromatic rings. The van der Waals surface area contributed by atoms with Gasteiger partial charge in [-0.25, -0.2) is 4.79 Å². The minimum atomic E-state index is -5.01. The van der Waals surface area contributed by atoms with Crippen molar-refractivity contribution in [3.05, 3.63) is 64.3 Å². The van der Waals surface area contributed by atoms with Crippen molar-refractivity contribution in [2.45, 2.75) is 19.0 Å². The van der Waals surface area contributed by atoms with Gasteiger partial charge < -0.3 is 20.5 Å². The number of alkyl halides is 6. The summed E-state index contributed by atoms with van der Waals surface area (Å²) in [5.41, 5.74) is 3.03. The van der Waals surface area contributed by atoms with E-state index in [1.807, 2.05) is 0 Å². The van der Waals surface area contributed by atoms with E-state index in [0.717, 1.165) is 6.07 Å². The van der Waals surface area contributed by atoms with Gasteiger partial charge in [-0.1, -0.05) is 12.1 Å². The van der Waals surface area contributed by atoms with E-state index in [4.69, 9.17) is 15.2 Å². The number of carbonyl (C=O) groups excluding carboxylic acids is 1. The molecule has 3 rings (SSSR count). The highest BCUT2D eigenvalue weighted by molar-refractivity contribution is 6.13. The molecule has 1 aliphatic heterocycles. The fourth-order valence-electron chi connectivity index (χ4n) is 2.84. The molecule has 3 N–H and O–H groups in total. The van der Waals surface area contributed by atoms with Crippen molar-refractivity contribution >= 4 is 17.9 Å². The second-order valence-corrected chi connectivity index (χ2v) is 6.55. The van der Waals surface area contributed by atoms with Gasteiger partial charge in [-0.2, -0.15) is 31.3 Å². The van der Waals surface area contributed by atoms with Crippen molar-refractivity contribution < 1.29 is 40.6 Å². The van der Waals surface area contributed by atoms with Gasteiger partial charge in [-0.15, -0.1) is 0 Å². The molecule has 0 radical (unpaired) electrons. The molecule has 0 aromatic heterocycles. The summed E-state index contributed by atoms with van der Waals surface area (Å²) >= 11 is 0. The maximum absolute atomic E-state index is 13.3. The quantitative estimate of drug-likeness (QED) is 0.633. The number of benzene rings is 2. The molecule has 32 heavy (non-hydrogen) atoms. The minimum absolute atomic E-state index is 0.0173. The average Bonchev–Trinajstić information content (AvgIpc) is 3.01. The van der Waals surface area contributed by atoms with Crippen molar-refractivity contribution in [1.82, 2.24) is 5.32 Å². The summed E-state index contributed by atoms with van der Waals surface area (Å²) in [5.74, 6) is 0.177. The second kappa shape index (κ2) is 8.44. The molecule has 0 spiro atoms. The number of hydrogen-bond donors (Lipinski definition) is 2. The van der Waals surface area contributed by atoms with Crippen LogP contribution in [0.25, 0.3) is 6.08 Å². The van der Waals surface area contributed by atoms with Crippen molar-refractivity contribution in [2.24, 2.45) is 10.7 Å². The predicted octanol–water partition coefficient (Wildman–Crippen LogP) is 4.73. The minimum Gasteiger partial charge on any atom is -0.493 e. The van der Waals surface area contributed by atoms with E-state index in [1.54, 1.807) is 0 Å². The van der Waals surface area contributed by atoms with Crippen LogP contribution in [-0.2, 0) is 19.0 Å². The number of rotatable bonds is 5. The Kier molecular flexibility index (Phi) is 6.06. The van der Waals surface area contributed by atoms with Gasteiger partial charge in [0.1, 0.15) is 6.61 Å². The SMILES string of the molecule is COc1cc(/C=C2\NC(=O)N=C2N)ccc1OCc1ccc(C(F)(F)F)cc1C(F)(F)F. The van der Waals surface area contributed by atoms with Crippen LogP contribution in [0.1, 0.15) is 22.3 Å². The third-order valence-electron chi connectivity index (χ3n) is 4.36. The first kappa shape index (κ1) is 23.0. The number of nitrogens with two attached hydrogens (primary N) is 1. The van der Waals surface area contributed by atoms with Gasteiger partial charge in [0.2, 0.25) is 0 Å². The molecule has 2 aromatic carbocycles. The summed E-state index contributed by atoms with van der Waals surface area (Å²) in [7, 11) is 1.30. The molecule has 12 heteroatoms. The molecule has 0 bridgehead atoms. The number of aliphatic imine (C=N–C) groups is 1. The summed E-state index contributed by atoms with van der Waals surface area (Å²) < 4.78 is 88.9. The van der Waals surface area contributed by atoms with Gasteiger partial charge in [0.05, 0.1) is 23.9 Å². The first-order valence-corrected chi connectivity index (χ1v) is 8.84. The lowest BCUT2D eigenvalue weighted by Crippen LogP contribution is -2.19. The van der Waals surface area contributed by atoms with Crippen molar-refractivity contribution in [3.8, 4) is 11.5 Å². The summed E-state index contributed by atoms with van der Waals surface area (Å²) in [4.78, 5) is 14.7. The summed E-state index contributed by atoms with van der Waals surface area (Å²) in [6.07, 6.45) is -8.43. The number of amidine groups is 1. The topological polar surface area (TPSA) is 85.9 Å². The molecule has 6 nitrogen and oxygen atoms in total. The Morgan fingerprint density at radius 2 is 1.75 bits per heavy atom. The molecular formula is C20H15F6N3O3. The van der Waals surface area contributed by atoms with Crippen LogP contribution in [0.4, 0.5) is 31.1 Å². The van der Waals surface area contributed by atoms with Crippen molar-refractivity contribution in [1.29, 1.82) is 0 Å². The van der Waals surface area contributed by atoms with Crippen molar-refractivity contribution in [2.75, 3.05) is 7.11 Å². The normalized spacial score (nSPS) is 15.5. The van der Waals surface area contributed by atoms with Crippen LogP contribution in [0.5, 0.6) is 11.5 Å². The van der Waals surface area contributed by atoms with Crippen LogP contribution >= 0.6 is 0 Å². The second-order valence-electron chi connectivity index (χ2n) is 6.55. The Morgan fingerprint density at radius 3 is 2.31 bits per heavy atom. The molecule has 0 saturated heterocycles. The smallest absolute Gasteiger partial charge is 0.416 e. The third kappa shape index (κ3) is 5.13. The number of halogens is 6. The monoisotopic (exact) mass is 459 g/mol. The maximum Gasteiger partial charge on any atom is 0.416 e. The zero-order valence-electron chi connectivity index (χ0n) is 16.3. The number of nitrogens with one attached hydrogen (secondary N) is 1. The van der Waals surface area contributed by atoms with Gasteiger partial charge in [0, 0.05) is 5.56 Å². The number of hydrogen-bond acceptors (Lipinski definition) is 4. The molecule has 0 atom stereocenters. The van der Waals surface area contributed by atoms with E-state index < -0.39 is 41.7 Å². The molecular weight excluding hydrogens is 444 g/mol. The Labute approximate surface area is 177 Å². The fraction of sp³-hybridized carbons (Fsp3) is 0.200. The zero-order valence-corrected chi connectivity index (χ0v) is 16.3. The van der Waals surface area contributed by atoms with Gasteiger partial charge in [-0.3, -0.25) is 0 Å². The van der Waals surface area contributed by atoms with E-state index in [1.165, 1.54) is 31.4 Å². The highest BCUT2D eigenvalue weighted by Gasteiger charge is 2.38. The van der Waals surface area contributed by atoms with Crippen LogP contribution in [0.2, 0.25) is 0 Å². The lowest BCUT2D eigenvalue weighted by atomic mass is 10.0. The van der Waals surface area contributed by atoms with Crippen molar-refractivity contribution in [3.63, 3.8) is 0 Å². The number of amides is 2. The number of nitrogens with zero attached hydrogens (tertiary/aromatic N) is 1. The Balaban J connectivity index is 1.85. The predicted molar refractivity (Wildman–Crippen MR) is 102 cm³/mol. The van der Waals surface area contributed by atoms with E-state index in [2.05, 4.69) is 10.3 Å². The van der Waals surface area contributed by atoms with Crippen LogP contribution in [0.3, 0.4) is 0 Å². The lowest BCUT2D eigenvalue weighted by molar-refractivity contribution is -0.143. The van der Waals surface area contributed by atoms with E-state index in [0.29, 0.717) is 11.6 Å². The Morgan fingerprint density at radius 1 is 1.03 bits per heavy atom. The largest absolute Gasteiger partial charge is 0.493 e. The zero-order chi connectivity index (χ0) is 23.7. The molecule has 1 heterocycles. The molecule has 1 aliphatic rings. The number of urea groups is 1. The van der Waals surface area contributed by atoms with Gasteiger partial charge >= 0.3 is 18.4 Å². The van der Waals surface area contributed by atoms with Gasteiger partial charge in [0.15, 0.2) is 17.3 Å². The number of methoxy groups -OCH3 is 1. The average molecular weight is 459 g/mol. The molecule has 0 unspecified atom stereocenters. The van der Waals surface area contributed by atoms with E-state index in [9.17, 15) is 31.1 Å². The molecule has 0 saturated carbocycles. The number of carbonyl (C=O) groups is 1. The fourth-order valence-corrected chi connectivity index (χ4v) is 2.84. The molecule has 0 fully saturated rings. The van der Waals surface area contributed by atoms with Crippen LogP contribution < -0.4 is 20.5 Å². The Bertz CT molecular complexity index is 1110. The van der Waals surface area contributed by atoms with Gasteiger partial charge in [0.25, 0.3) is 0 Å². The van der Waals surface area contributed by atoms with Gasteiger partial charge in [-0.05, 0) is 35.9 Å². The highest BCUT2D eigenvalue weighted by Crippen LogP contribution is 2.38. The summed E-state index contributed by atoms with van der Waals surface area (Å²) in [6.45, 7) is -0.653. The lowest BCUT2D eigenvalue weighted by Gasteiger charge is -2.17. The first-order valence-electron chi connectivity index (χ1n) is 8.84. The first-order chi connectivity index (χ1) is 14.9. The van der Waals surface area contributed by atoms with E-state index >= 15 is 0 Å². The molecule has 170 valence electrons. The molecule has 0 aliphatic carbocycles. The Hall–Kier alpha value is -3.70. The van der Waals surface area contributed by atoms with Crippen LogP contribution in [-0.4, -0.2) is 19.0 Å². The third-order valence-corrected chi connectivity index (χ3v) is 4.36. The highest BCUT2D eigenvalue weighted by atomic mass is 19.4. The maximum atomic E-state index is 13.3. The van der Waals surface area contributed by atoms with Crippen LogP contribution in [0, 0.1) is 0 Å².